The molecule has 0 aliphatic heterocycles. The number of aromatic amines is 1. The Bertz CT molecular complexity index is 540. The zero-order chi connectivity index (χ0) is 13.0. The van der Waals surface area contributed by atoms with Crippen molar-refractivity contribution >= 4 is 17.5 Å². The smallest absolute Gasteiger partial charge is 0.255 e. The number of halogens is 1. The van der Waals surface area contributed by atoms with Crippen LogP contribution in [-0.4, -0.2) is 23.0 Å². The first-order valence-electron chi connectivity index (χ1n) is 5.30. The van der Waals surface area contributed by atoms with Crippen molar-refractivity contribution in [3.63, 3.8) is 0 Å². The molecule has 0 aliphatic carbocycles. The second kappa shape index (κ2) is 5.55. The van der Waals surface area contributed by atoms with E-state index in [1.807, 2.05) is 0 Å². The highest BCUT2D eigenvalue weighted by molar-refractivity contribution is 6.30. The minimum absolute atomic E-state index is 0.236. The van der Waals surface area contributed by atoms with E-state index in [-0.39, 0.29) is 5.91 Å². The molecular weight excluding hydrogens is 254 g/mol. The van der Waals surface area contributed by atoms with Crippen LogP contribution in [0.1, 0.15) is 16.2 Å². The first kappa shape index (κ1) is 12.4. The molecule has 0 aliphatic rings. The zero-order valence-electron chi connectivity index (χ0n) is 9.74. The molecule has 0 unspecified atom stereocenters. The number of hydrogen-bond acceptors (Lipinski definition) is 3. The van der Waals surface area contributed by atoms with Gasteiger partial charge in [0.1, 0.15) is 11.6 Å². The van der Waals surface area contributed by atoms with Gasteiger partial charge in [-0.2, -0.15) is 0 Å². The van der Waals surface area contributed by atoms with Crippen LogP contribution in [0.25, 0.3) is 0 Å². The molecule has 1 aromatic carbocycles. The van der Waals surface area contributed by atoms with Crippen LogP contribution in [0, 0.1) is 0 Å². The lowest BCUT2D eigenvalue weighted by atomic mass is 10.2. The Morgan fingerprint density at radius 3 is 3.06 bits per heavy atom. The van der Waals surface area contributed by atoms with E-state index >= 15 is 0 Å². The van der Waals surface area contributed by atoms with Gasteiger partial charge in [-0.3, -0.25) is 4.79 Å². The fourth-order valence-electron chi connectivity index (χ4n) is 1.51. The third kappa shape index (κ3) is 2.81. The summed E-state index contributed by atoms with van der Waals surface area (Å²) < 4.78 is 5.12. The van der Waals surface area contributed by atoms with Crippen LogP contribution < -0.4 is 10.1 Å². The van der Waals surface area contributed by atoms with Crippen molar-refractivity contribution in [2.75, 3.05) is 7.11 Å². The van der Waals surface area contributed by atoms with Gasteiger partial charge in [0.2, 0.25) is 0 Å². The van der Waals surface area contributed by atoms with Crippen molar-refractivity contribution in [3.05, 3.63) is 47.0 Å². The van der Waals surface area contributed by atoms with Gasteiger partial charge in [0.15, 0.2) is 0 Å². The minimum Gasteiger partial charge on any atom is -0.496 e. The molecule has 0 saturated carbocycles. The van der Waals surface area contributed by atoms with Crippen molar-refractivity contribution in [3.8, 4) is 5.75 Å². The number of carbonyl (C=O) groups excluding carboxylic acids is 1. The summed E-state index contributed by atoms with van der Waals surface area (Å²) in [6, 6.07) is 4.87. The molecule has 0 radical (unpaired) electrons. The number of rotatable bonds is 4. The number of carbonyl (C=O) groups is 1. The van der Waals surface area contributed by atoms with Crippen LogP contribution in [0.5, 0.6) is 5.75 Å². The van der Waals surface area contributed by atoms with Crippen LogP contribution in [0.4, 0.5) is 0 Å². The maximum Gasteiger partial charge on any atom is 0.255 e. The highest BCUT2D eigenvalue weighted by Gasteiger charge is 2.12. The van der Waals surface area contributed by atoms with Crippen LogP contribution in [0.15, 0.2) is 30.6 Å². The first-order chi connectivity index (χ1) is 8.70. The summed E-state index contributed by atoms with van der Waals surface area (Å²) in [5, 5.41) is 3.26. The van der Waals surface area contributed by atoms with Crippen LogP contribution >= 0.6 is 11.6 Å². The predicted molar refractivity (Wildman–Crippen MR) is 67.8 cm³/mol. The van der Waals surface area contributed by atoms with Gasteiger partial charge in [0.25, 0.3) is 5.91 Å². The first-order valence-corrected chi connectivity index (χ1v) is 5.68. The molecule has 0 atom stereocenters. The molecule has 1 amide bonds. The highest BCUT2D eigenvalue weighted by atomic mass is 35.5. The van der Waals surface area contributed by atoms with Crippen molar-refractivity contribution in [1.82, 2.24) is 15.3 Å². The van der Waals surface area contributed by atoms with Crippen molar-refractivity contribution in [2.24, 2.45) is 0 Å². The molecule has 0 fully saturated rings. The fraction of sp³-hybridized carbons (Fsp3) is 0.167. The number of ether oxygens (including phenoxy) is 1. The standard InChI is InChI=1S/C12H12ClN3O2/c1-18-10-6-8(13)2-3-9(10)12(17)16-7-11-14-4-5-15-11/h2-6H,7H2,1H3,(H,14,15)(H,16,17). The molecule has 6 heteroatoms. The maximum absolute atomic E-state index is 12.0. The summed E-state index contributed by atoms with van der Waals surface area (Å²) in [6.07, 6.45) is 3.33. The summed E-state index contributed by atoms with van der Waals surface area (Å²) in [5.74, 6) is 0.899. The van der Waals surface area contributed by atoms with Gasteiger partial charge in [0, 0.05) is 17.4 Å². The normalized spacial score (nSPS) is 10.1. The molecule has 0 saturated heterocycles. The molecule has 18 heavy (non-hydrogen) atoms. The summed E-state index contributed by atoms with van der Waals surface area (Å²) in [4.78, 5) is 18.9. The van der Waals surface area contributed by atoms with Gasteiger partial charge in [0.05, 0.1) is 19.2 Å². The summed E-state index contributed by atoms with van der Waals surface area (Å²) in [6.45, 7) is 0.331. The number of H-pyrrole nitrogens is 1. The van der Waals surface area contributed by atoms with E-state index in [1.54, 1.807) is 30.6 Å². The fourth-order valence-corrected chi connectivity index (χ4v) is 1.67. The Kier molecular flexibility index (Phi) is 3.84. The second-order valence-electron chi connectivity index (χ2n) is 3.56. The van der Waals surface area contributed by atoms with E-state index in [9.17, 15) is 4.79 Å². The second-order valence-corrected chi connectivity index (χ2v) is 4.00. The van der Waals surface area contributed by atoms with Crippen LogP contribution in [0.3, 0.4) is 0 Å². The number of nitrogens with one attached hydrogen (secondary N) is 2. The molecule has 2 N–H and O–H groups in total. The Morgan fingerprint density at radius 2 is 2.39 bits per heavy atom. The summed E-state index contributed by atoms with van der Waals surface area (Å²) >= 11 is 5.83. The molecule has 5 nitrogen and oxygen atoms in total. The number of imidazole rings is 1. The monoisotopic (exact) mass is 265 g/mol. The quantitative estimate of drug-likeness (QED) is 0.889. The highest BCUT2D eigenvalue weighted by Crippen LogP contribution is 2.22. The largest absolute Gasteiger partial charge is 0.496 e. The lowest BCUT2D eigenvalue weighted by molar-refractivity contribution is 0.0947. The van der Waals surface area contributed by atoms with Gasteiger partial charge in [-0.05, 0) is 18.2 Å². The van der Waals surface area contributed by atoms with Crippen molar-refractivity contribution in [2.45, 2.75) is 6.54 Å². The lowest BCUT2D eigenvalue weighted by Crippen LogP contribution is -2.23. The average molecular weight is 266 g/mol. The number of nitrogens with zero attached hydrogens (tertiary/aromatic N) is 1. The third-order valence-electron chi connectivity index (χ3n) is 2.38. The molecule has 94 valence electrons. The Balaban J connectivity index is 2.09. The number of amides is 1. The molecule has 2 rings (SSSR count). The number of hydrogen-bond donors (Lipinski definition) is 2. The summed E-state index contributed by atoms with van der Waals surface area (Å²) in [5.41, 5.74) is 0.438. The van der Waals surface area contributed by atoms with Gasteiger partial charge < -0.3 is 15.0 Å². The van der Waals surface area contributed by atoms with Crippen molar-refractivity contribution < 1.29 is 9.53 Å². The van der Waals surface area contributed by atoms with Gasteiger partial charge in [-0.25, -0.2) is 4.98 Å². The Labute approximate surface area is 109 Å². The number of aromatic nitrogens is 2. The van der Waals surface area contributed by atoms with E-state index in [2.05, 4.69) is 15.3 Å². The SMILES string of the molecule is COc1cc(Cl)ccc1C(=O)NCc1ncc[nH]1. The molecule has 0 spiro atoms. The van der Waals surface area contributed by atoms with E-state index < -0.39 is 0 Å². The number of methoxy groups -OCH3 is 1. The Hall–Kier alpha value is -2.01. The average Bonchev–Trinajstić information content (AvgIpc) is 2.88. The van der Waals surface area contributed by atoms with E-state index in [1.165, 1.54) is 7.11 Å². The van der Waals surface area contributed by atoms with Crippen LogP contribution in [-0.2, 0) is 6.54 Å². The van der Waals surface area contributed by atoms with Crippen molar-refractivity contribution in [1.29, 1.82) is 0 Å². The summed E-state index contributed by atoms with van der Waals surface area (Å²) in [7, 11) is 1.50. The van der Waals surface area contributed by atoms with Gasteiger partial charge >= 0.3 is 0 Å². The molecular formula is C12H12ClN3O2. The topological polar surface area (TPSA) is 67.0 Å². The number of benzene rings is 1. The van der Waals surface area contributed by atoms with Gasteiger partial charge in [-0.15, -0.1) is 0 Å². The minimum atomic E-state index is -0.236. The molecule has 1 heterocycles. The van der Waals surface area contributed by atoms with E-state index in [4.69, 9.17) is 16.3 Å². The van der Waals surface area contributed by atoms with Gasteiger partial charge in [-0.1, -0.05) is 11.6 Å². The lowest BCUT2D eigenvalue weighted by Gasteiger charge is -2.08. The molecule has 2 aromatic rings. The van der Waals surface area contributed by atoms with E-state index in [0.29, 0.717) is 28.7 Å². The third-order valence-corrected chi connectivity index (χ3v) is 2.61. The van der Waals surface area contributed by atoms with E-state index in [0.717, 1.165) is 0 Å². The Morgan fingerprint density at radius 1 is 1.56 bits per heavy atom. The zero-order valence-corrected chi connectivity index (χ0v) is 10.5. The maximum atomic E-state index is 12.0. The predicted octanol–water partition coefficient (Wildman–Crippen LogP) is 2.00. The van der Waals surface area contributed by atoms with Crippen LogP contribution in [0.2, 0.25) is 5.02 Å². The molecule has 1 aromatic heterocycles. The molecule has 0 bridgehead atoms.